The van der Waals surface area contributed by atoms with E-state index in [2.05, 4.69) is 19.6 Å². The molecule has 0 aromatic rings. The van der Waals surface area contributed by atoms with Crippen molar-refractivity contribution in [2.75, 3.05) is 13.7 Å². The lowest BCUT2D eigenvalue weighted by atomic mass is 9.64. The first kappa shape index (κ1) is 18.8. The second kappa shape index (κ2) is 6.63. The molecule has 4 rings (SSSR count). The minimum Gasteiger partial charge on any atom is -0.396 e. The van der Waals surface area contributed by atoms with Crippen molar-refractivity contribution in [3.63, 3.8) is 0 Å². The van der Waals surface area contributed by atoms with Gasteiger partial charge in [0.15, 0.2) is 11.9 Å². The van der Waals surface area contributed by atoms with Gasteiger partial charge in [0.05, 0.1) is 0 Å². The summed E-state index contributed by atoms with van der Waals surface area (Å²) >= 11 is 0. The molecule has 0 radical (unpaired) electrons. The Hall–Kier alpha value is 0.0169. The van der Waals surface area contributed by atoms with Crippen molar-refractivity contribution in [1.82, 2.24) is 0 Å². The van der Waals surface area contributed by atoms with Gasteiger partial charge in [-0.05, 0) is 50.5 Å². The van der Waals surface area contributed by atoms with Crippen molar-refractivity contribution in [2.45, 2.75) is 82.4 Å². The number of methoxy groups -OCH3 is 1. The maximum Gasteiger partial charge on any atom is 0.204 e. The third-order valence-corrected chi connectivity index (χ3v) is 8.02. The lowest BCUT2D eigenvalue weighted by molar-refractivity contribution is -0.560. The largest absolute Gasteiger partial charge is 0.396 e. The highest BCUT2D eigenvalue weighted by atomic mass is 28.3. The van der Waals surface area contributed by atoms with E-state index in [1.165, 1.54) is 6.42 Å². The van der Waals surface area contributed by atoms with E-state index in [9.17, 15) is 5.11 Å². The van der Waals surface area contributed by atoms with Crippen LogP contribution in [0.2, 0.25) is 25.7 Å². The van der Waals surface area contributed by atoms with E-state index < -0.39 is 25.8 Å². The van der Waals surface area contributed by atoms with Crippen LogP contribution in [0.5, 0.6) is 0 Å². The summed E-state index contributed by atoms with van der Waals surface area (Å²) in [5.74, 6) is 0.150. The van der Waals surface area contributed by atoms with Gasteiger partial charge in [-0.2, -0.15) is 0 Å². The minimum atomic E-state index is -1.27. The van der Waals surface area contributed by atoms with Gasteiger partial charge >= 0.3 is 0 Å². The quantitative estimate of drug-likeness (QED) is 0.602. The molecule has 6 heteroatoms. The molecule has 0 amide bonds. The van der Waals surface area contributed by atoms with Gasteiger partial charge in [-0.15, -0.1) is 0 Å². The first-order valence-corrected chi connectivity index (χ1v) is 13.1. The Morgan fingerprint density at radius 2 is 1.92 bits per heavy atom. The first-order chi connectivity index (χ1) is 11.2. The summed E-state index contributed by atoms with van der Waals surface area (Å²) in [6, 6.07) is 1.15. The van der Waals surface area contributed by atoms with Gasteiger partial charge in [-0.1, -0.05) is 26.1 Å². The van der Waals surface area contributed by atoms with Crippen LogP contribution in [0.4, 0.5) is 0 Å². The molecule has 4 aliphatic rings. The van der Waals surface area contributed by atoms with E-state index in [0.717, 1.165) is 25.3 Å². The standard InChI is InChI=1S/C18H34O5Si/c1-17-15(12-24(3,4)5)11-14-8-6-7-13(9-10-19)18(14,23-22-17)16(20-2)21-17/h13-16,19H,6-12H2,1-5H3/t13-,14+,15?,16-,17-,18?/m0/s1. The normalized spacial score (nSPS) is 45.8. The van der Waals surface area contributed by atoms with Gasteiger partial charge in [0.1, 0.15) is 0 Å². The second-order valence-corrected chi connectivity index (χ2v) is 14.8. The van der Waals surface area contributed by atoms with Crippen molar-refractivity contribution in [1.29, 1.82) is 0 Å². The van der Waals surface area contributed by atoms with Crippen molar-refractivity contribution in [2.24, 2.45) is 17.8 Å². The molecule has 0 aromatic heterocycles. The van der Waals surface area contributed by atoms with Crippen LogP contribution in [0.1, 0.15) is 39.0 Å². The number of rotatable bonds is 5. The average molecular weight is 359 g/mol. The number of aliphatic hydroxyl groups excluding tert-OH is 1. The molecule has 24 heavy (non-hydrogen) atoms. The molecule has 3 aliphatic heterocycles. The maximum atomic E-state index is 9.54. The zero-order valence-electron chi connectivity index (χ0n) is 15.8. The van der Waals surface area contributed by atoms with Crippen LogP contribution < -0.4 is 0 Å². The summed E-state index contributed by atoms with van der Waals surface area (Å²) < 4.78 is 12.2. The number of ether oxygens (including phenoxy) is 2. The summed E-state index contributed by atoms with van der Waals surface area (Å²) in [5, 5.41) is 9.54. The fourth-order valence-corrected chi connectivity index (χ4v) is 7.24. The zero-order chi connectivity index (χ0) is 17.6. The fraction of sp³-hybridized carbons (Fsp3) is 1.00. The Balaban J connectivity index is 1.97. The van der Waals surface area contributed by atoms with Crippen LogP contribution in [-0.4, -0.2) is 44.6 Å². The molecule has 140 valence electrons. The predicted molar refractivity (Wildman–Crippen MR) is 94.0 cm³/mol. The highest BCUT2D eigenvalue weighted by Gasteiger charge is 2.66. The Kier molecular flexibility index (Phi) is 5.19. The van der Waals surface area contributed by atoms with Crippen molar-refractivity contribution >= 4 is 8.07 Å². The summed E-state index contributed by atoms with van der Waals surface area (Å²) in [6.45, 7) is 9.36. The molecule has 2 unspecified atom stereocenters. The fourth-order valence-electron chi connectivity index (χ4n) is 5.22. The molecule has 2 bridgehead atoms. The van der Waals surface area contributed by atoms with E-state index in [-0.39, 0.29) is 12.5 Å². The third-order valence-electron chi connectivity index (χ3n) is 6.30. The molecular formula is C18H34O5Si. The lowest BCUT2D eigenvalue weighted by Crippen LogP contribution is -2.64. The van der Waals surface area contributed by atoms with Crippen molar-refractivity contribution < 1.29 is 24.4 Å². The molecular weight excluding hydrogens is 324 g/mol. The van der Waals surface area contributed by atoms with E-state index in [0.29, 0.717) is 18.3 Å². The molecule has 6 atom stereocenters. The molecule has 5 nitrogen and oxygen atoms in total. The van der Waals surface area contributed by atoms with Crippen molar-refractivity contribution in [3.05, 3.63) is 0 Å². The molecule has 1 spiro atoms. The summed E-state index contributed by atoms with van der Waals surface area (Å²) in [7, 11) is 0.423. The average Bonchev–Trinajstić information content (AvgIpc) is 2.68. The zero-order valence-corrected chi connectivity index (χ0v) is 16.8. The topological polar surface area (TPSA) is 57.2 Å². The predicted octanol–water partition coefficient (Wildman–Crippen LogP) is 3.55. The number of hydrogen-bond donors (Lipinski definition) is 1. The molecule has 4 fully saturated rings. The van der Waals surface area contributed by atoms with Crippen LogP contribution in [0.3, 0.4) is 0 Å². The van der Waals surface area contributed by atoms with E-state index in [1.807, 2.05) is 6.92 Å². The first-order valence-electron chi connectivity index (χ1n) is 9.43. The maximum absolute atomic E-state index is 9.54. The van der Waals surface area contributed by atoms with Gasteiger partial charge in [0, 0.05) is 27.7 Å². The molecule has 1 saturated carbocycles. The number of aliphatic hydroxyl groups is 1. The monoisotopic (exact) mass is 358 g/mol. The van der Waals surface area contributed by atoms with E-state index in [1.54, 1.807) is 7.11 Å². The SMILES string of the molecule is CO[C@H]1O[C@@]2(C)OOC13[C@H](CCO)CCC[C@@H]3CC2C[Si](C)(C)C. The Morgan fingerprint density at radius 3 is 2.54 bits per heavy atom. The van der Waals surface area contributed by atoms with Gasteiger partial charge in [0.2, 0.25) is 5.79 Å². The number of fused-ring (bicyclic) bond motifs is 3. The Morgan fingerprint density at radius 1 is 1.17 bits per heavy atom. The highest BCUT2D eigenvalue weighted by Crippen LogP contribution is 2.57. The van der Waals surface area contributed by atoms with Crippen LogP contribution in [0.25, 0.3) is 0 Å². The van der Waals surface area contributed by atoms with Gasteiger partial charge in [-0.25, -0.2) is 9.78 Å². The highest BCUT2D eigenvalue weighted by molar-refractivity contribution is 6.76. The molecule has 3 heterocycles. The molecule has 1 N–H and O–H groups in total. The van der Waals surface area contributed by atoms with Crippen LogP contribution in [0.15, 0.2) is 0 Å². The second-order valence-electron chi connectivity index (χ2n) is 9.26. The number of hydrogen-bond acceptors (Lipinski definition) is 5. The lowest BCUT2D eigenvalue weighted by Gasteiger charge is -2.53. The molecule has 1 aliphatic carbocycles. The Bertz CT molecular complexity index is 451. The van der Waals surface area contributed by atoms with Crippen LogP contribution >= 0.6 is 0 Å². The molecule has 3 saturated heterocycles. The van der Waals surface area contributed by atoms with E-state index in [4.69, 9.17) is 19.2 Å². The summed E-state index contributed by atoms with van der Waals surface area (Å²) in [4.78, 5) is 12.1. The van der Waals surface area contributed by atoms with E-state index >= 15 is 0 Å². The van der Waals surface area contributed by atoms with Crippen LogP contribution in [0, 0.1) is 17.8 Å². The van der Waals surface area contributed by atoms with Gasteiger partial charge in [0.25, 0.3) is 0 Å². The molecule has 0 aromatic carbocycles. The smallest absolute Gasteiger partial charge is 0.204 e. The Labute approximate surface area is 146 Å². The third kappa shape index (κ3) is 3.10. The summed E-state index contributed by atoms with van der Waals surface area (Å²) in [5.41, 5.74) is -0.580. The van der Waals surface area contributed by atoms with Gasteiger partial charge < -0.3 is 14.6 Å². The minimum absolute atomic E-state index is 0.161. The van der Waals surface area contributed by atoms with Crippen LogP contribution in [-0.2, 0) is 19.2 Å². The van der Waals surface area contributed by atoms with Crippen molar-refractivity contribution in [3.8, 4) is 0 Å². The summed E-state index contributed by atoms with van der Waals surface area (Å²) in [6.07, 6.45) is 4.66. The van der Waals surface area contributed by atoms with Gasteiger partial charge in [-0.3, -0.25) is 0 Å².